The highest BCUT2D eigenvalue weighted by atomic mass is 79.9. The minimum Gasteiger partial charge on any atom is -0.370 e. The summed E-state index contributed by atoms with van der Waals surface area (Å²) in [5.74, 6) is 0.374. The predicted molar refractivity (Wildman–Crippen MR) is 93.0 cm³/mol. The molecule has 1 aromatic carbocycles. The molecule has 0 heterocycles. The Morgan fingerprint density at radius 2 is 2.09 bits per heavy atom. The van der Waals surface area contributed by atoms with E-state index in [1.54, 1.807) is 12.1 Å². The van der Waals surface area contributed by atoms with E-state index in [9.17, 15) is 4.79 Å². The van der Waals surface area contributed by atoms with Gasteiger partial charge in [0.05, 0.1) is 6.54 Å². The maximum atomic E-state index is 11.9. The molecule has 1 saturated carbocycles. The molecule has 4 N–H and O–H groups in total. The number of rotatable bonds is 5. The number of hydrogen-bond acceptors (Lipinski definition) is 2. The van der Waals surface area contributed by atoms with Crippen molar-refractivity contribution in [2.24, 2.45) is 10.7 Å². The van der Waals surface area contributed by atoms with Gasteiger partial charge in [0.2, 0.25) is 0 Å². The third-order valence-electron chi connectivity index (χ3n) is 3.72. The molecule has 120 valence electrons. The molecule has 0 bridgehead atoms. The molecule has 0 radical (unpaired) electrons. The van der Waals surface area contributed by atoms with Crippen molar-refractivity contribution >= 4 is 27.8 Å². The van der Waals surface area contributed by atoms with Gasteiger partial charge in [-0.1, -0.05) is 41.3 Å². The number of carbonyl (C=O) groups excluding carboxylic acids is 1. The first-order valence-corrected chi connectivity index (χ1v) is 8.54. The van der Waals surface area contributed by atoms with Crippen LogP contribution in [0.2, 0.25) is 0 Å². The molecule has 1 aromatic rings. The van der Waals surface area contributed by atoms with Crippen molar-refractivity contribution in [1.29, 1.82) is 0 Å². The maximum absolute atomic E-state index is 11.9. The van der Waals surface area contributed by atoms with Gasteiger partial charge in [0.15, 0.2) is 5.96 Å². The highest BCUT2D eigenvalue weighted by Crippen LogP contribution is 2.17. The highest BCUT2D eigenvalue weighted by molar-refractivity contribution is 9.10. The van der Waals surface area contributed by atoms with Crippen LogP contribution in [0.4, 0.5) is 0 Å². The molecule has 1 fully saturated rings. The van der Waals surface area contributed by atoms with Crippen LogP contribution in [-0.4, -0.2) is 31.0 Å². The number of benzene rings is 1. The maximum Gasteiger partial charge on any atom is 0.251 e. The second kappa shape index (κ2) is 8.78. The standard InChI is InChI=1S/C16H23BrN4O/c17-13-6-4-5-12(11-13)15(22)19-9-10-20-16(18)21-14-7-2-1-3-8-14/h4-6,11,14H,1-3,7-10H2,(H,19,22)(H3,18,20,21). The van der Waals surface area contributed by atoms with Gasteiger partial charge in [0.25, 0.3) is 5.91 Å². The van der Waals surface area contributed by atoms with Gasteiger partial charge in [-0.2, -0.15) is 0 Å². The molecule has 6 heteroatoms. The highest BCUT2D eigenvalue weighted by Gasteiger charge is 2.13. The minimum absolute atomic E-state index is 0.102. The Morgan fingerprint density at radius 1 is 1.32 bits per heavy atom. The number of aliphatic imine (C=N–C) groups is 1. The fraction of sp³-hybridized carbons (Fsp3) is 0.500. The van der Waals surface area contributed by atoms with E-state index in [1.165, 1.54) is 19.3 Å². The van der Waals surface area contributed by atoms with Gasteiger partial charge >= 0.3 is 0 Å². The molecule has 1 aliphatic carbocycles. The number of nitrogens with zero attached hydrogens (tertiary/aromatic N) is 1. The normalized spacial score (nSPS) is 16.3. The average molecular weight is 367 g/mol. The van der Waals surface area contributed by atoms with E-state index in [-0.39, 0.29) is 5.91 Å². The van der Waals surface area contributed by atoms with Crippen LogP contribution in [0.25, 0.3) is 0 Å². The lowest BCUT2D eigenvalue weighted by atomic mass is 9.96. The van der Waals surface area contributed by atoms with Gasteiger partial charge in [0.1, 0.15) is 0 Å². The van der Waals surface area contributed by atoms with Gasteiger partial charge in [-0.3, -0.25) is 9.79 Å². The van der Waals surface area contributed by atoms with Crippen LogP contribution in [0.1, 0.15) is 42.5 Å². The molecule has 0 aliphatic heterocycles. The molecule has 0 saturated heterocycles. The zero-order valence-corrected chi connectivity index (χ0v) is 14.2. The molecule has 0 aromatic heterocycles. The first-order valence-electron chi connectivity index (χ1n) is 7.75. The Bertz CT molecular complexity index is 527. The van der Waals surface area contributed by atoms with Crippen LogP contribution < -0.4 is 16.4 Å². The number of carbonyl (C=O) groups is 1. The van der Waals surface area contributed by atoms with Crippen LogP contribution in [0, 0.1) is 0 Å². The van der Waals surface area contributed by atoms with Crippen LogP contribution in [0.15, 0.2) is 33.7 Å². The fourth-order valence-electron chi connectivity index (χ4n) is 2.58. The summed E-state index contributed by atoms with van der Waals surface area (Å²) in [7, 11) is 0. The van der Waals surface area contributed by atoms with E-state index in [2.05, 4.69) is 31.6 Å². The quantitative estimate of drug-likeness (QED) is 0.425. The number of amides is 1. The Balaban J connectivity index is 1.69. The summed E-state index contributed by atoms with van der Waals surface area (Å²) in [5.41, 5.74) is 6.50. The zero-order chi connectivity index (χ0) is 15.8. The Labute approximate surface area is 139 Å². The van der Waals surface area contributed by atoms with Crippen LogP contribution in [0.3, 0.4) is 0 Å². The molecule has 0 unspecified atom stereocenters. The lowest BCUT2D eigenvalue weighted by molar-refractivity contribution is 0.0954. The largest absolute Gasteiger partial charge is 0.370 e. The van der Waals surface area contributed by atoms with Crippen molar-refractivity contribution in [2.75, 3.05) is 13.1 Å². The molecule has 0 spiro atoms. The molecule has 22 heavy (non-hydrogen) atoms. The fourth-order valence-corrected chi connectivity index (χ4v) is 2.98. The Kier molecular flexibility index (Phi) is 6.71. The topological polar surface area (TPSA) is 79.5 Å². The Morgan fingerprint density at radius 3 is 2.82 bits per heavy atom. The summed E-state index contributed by atoms with van der Waals surface area (Å²) in [6, 6.07) is 7.75. The van der Waals surface area contributed by atoms with Gasteiger partial charge in [-0.25, -0.2) is 0 Å². The predicted octanol–water partition coefficient (Wildman–Crippen LogP) is 2.42. The third kappa shape index (κ3) is 5.67. The summed E-state index contributed by atoms with van der Waals surface area (Å²) in [6.07, 6.45) is 6.16. The summed E-state index contributed by atoms with van der Waals surface area (Å²) < 4.78 is 0.888. The minimum atomic E-state index is -0.102. The van der Waals surface area contributed by atoms with Gasteiger partial charge < -0.3 is 16.4 Å². The van der Waals surface area contributed by atoms with Crippen LogP contribution in [-0.2, 0) is 0 Å². The van der Waals surface area contributed by atoms with Gasteiger partial charge in [-0.15, -0.1) is 0 Å². The summed E-state index contributed by atoms with van der Waals surface area (Å²) in [5, 5.41) is 6.09. The lowest BCUT2D eigenvalue weighted by Crippen LogP contribution is -2.41. The van der Waals surface area contributed by atoms with Crippen molar-refractivity contribution in [3.05, 3.63) is 34.3 Å². The zero-order valence-electron chi connectivity index (χ0n) is 12.6. The second-order valence-corrected chi connectivity index (χ2v) is 6.43. The molecular weight excluding hydrogens is 344 g/mol. The van der Waals surface area contributed by atoms with Crippen LogP contribution in [0.5, 0.6) is 0 Å². The van der Waals surface area contributed by atoms with E-state index < -0.39 is 0 Å². The molecular formula is C16H23BrN4O. The Hall–Kier alpha value is -1.56. The number of hydrogen-bond donors (Lipinski definition) is 3. The van der Waals surface area contributed by atoms with E-state index in [1.807, 2.05) is 12.1 Å². The summed E-state index contributed by atoms with van der Waals surface area (Å²) in [6.45, 7) is 0.948. The number of nitrogens with two attached hydrogens (primary N) is 1. The van der Waals surface area contributed by atoms with E-state index in [0.29, 0.717) is 30.7 Å². The third-order valence-corrected chi connectivity index (χ3v) is 4.22. The smallest absolute Gasteiger partial charge is 0.251 e. The van der Waals surface area contributed by atoms with E-state index >= 15 is 0 Å². The lowest BCUT2D eigenvalue weighted by Gasteiger charge is -2.23. The van der Waals surface area contributed by atoms with Crippen molar-refractivity contribution < 1.29 is 4.79 Å². The second-order valence-electron chi connectivity index (χ2n) is 5.51. The first-order chi connectivity index (χ1) is 10.6. The molecule has 2 rings (SSSR count). The SMILES string of the molecule is NC(=NCCNC(=O)c1cccc(Br)c1)NC1CCCCC1. The number of nitrogens with one attached hydrogen (secondary N) is 2. The van der Waals surface area contributed by atoms with Crippen LogP contribution >= 0.6 is 15.9 Å². The van der Waals surface area contributed by atoms with Crippen molar-refractivity contribution in [1.82, 2.24) is 10.6 Å². The van der Waals surface area contributed by atoms with E-state index in [4.69, 9.17) is 5.73 Å². The summed E-state index contributed by atoms with van der Waals surface area (Å²) >= 11 is 3.35. The van der Waals surface area contributed by atoms with Gasteiger partial charge in [0, 0.05) is 22.6 Å². The molecule has 0 atom stereocenters. The van der Waals surface area contributed by atoms with Crippen molar-refractivity contribution in [2.45, 2.75) is 38.1 Å². The van der Waals surface area contributed by atoms with Gasteiger partial charge in [-0.05, 0) is 31.0 Å². The van der Waals surface area contributed by atoms with Crippen molar-refractivity contribution in [3.8, 4) is 0 Å². The molecule has 1 aliphatic rings. The molecule has 5 nitrogen and oxygen atoms in total. The van der Waals surface area contributed by atoms with Crippen molar-refractivity contribution in [3.63, 3.8) is 0 Å². The first kappa shape index (κ1) is 16.8. The number of guanidine groups is 1. The average Bonchev–Trinajstić information content (AvgIpc) is 2.52. The monoisotopic (exact) mass is 366 g/mol. The number of halogens is 1. The van der Waals surface area contributed by atoms with E-state index in [0.717, 1.165) is 17.3 Å². The summed E-state index contributed by atoms with van der Waals surface area (Å²) in [4.78, 5) is 16.2. The molecule has 1 amide bonds.